The number of benzene rings is 1. The van der Waals surface area contributed by atoms with Crippen molar-refractivity contribution in [1.29, 1.82) is 0 Å². The van der Waals surface area contributed by atoms with Crippen LogP contribution in [0.2, 0.25) is 0 Å². The summed E-state index contributed by atoms with van der Waals surface area (Å²) in [7, 11) is 0. The molecule has 1 aromatic carbocycles. The number of fused-ring (bicyclic) bond motifs is 1. The van der Waals surface area contributed by atoms with E-state index in [4.69, 9.17) is 4.74 Å². The Bertz CT molecular complexity index is 767. The molecule has 132 valence electrons. The van der Waals surface area contributed by atoms with Crippen molar-refractivity contribution in [2.45, 2.75) is 27.0 Å². The molecule has 0 atom stereocenters. The summed E-state index contributed by atoms with van der Waals surface area (Å²) in [6, 6.07) is 6.54. The zero-order valence-electron chi connectivity index (χ0n) is 14.9. The van der Waals surface area contributed by atoms with E-state index < -0.39 is 0 Å². The van der Waals surface area contributed by atoms with Crippen LogP contribution in [0.25, 0.3) is 0 Å². The minimum absolute atomic E-state index is 0.0301. The van der Waals surface area contributed by atoms with Gasteiger partial charge in [-0.25, -0.2) is 4.98 Å². The molecule has 3 heterocycles. The van der Waals surface area contributed by atoms with Crippen molar-refractivity contribution in [3.8, 4) is 0 Å². The predicted octanol–water partition coefficient (Wildman–Crippen LogP) is 1.99. The van der Waals surface area contributed by atoms with Gasteiger partial charge < -0.3 is 19.1 Å². The summed E-state index contributed by atoms with van der Waals surface area (Å²) in [5, 5.41) is 0. The molecule has 0 saturated carbocycles. The Hall–Kier alpha value is -2.34. The normalized spacial score (nSPS) is 17.5. The molecule has 0 spiro atoms. The summed E-state index contributed by atoms with van der Waals surface area (Å²) in [5.74, 6) is 0.881. The maximum Gasteiger partial charge on any atom is 0.274 e. The zero-order valence-corrected chi connectivity index (χ0v) is 14.9. The van der Waals surface area contributed by atoms with Gasteiger partial charge in [0, 0.05) is 44.6 Å². The lowest BCUT2D eigenvalue weighted by Crippen LogP contribution is -2.49. The molecule has 1 saturated heterocycles. The standard InChI is InChI=1S/C19H24N4O2/c1-14-3-4-15(2)17(11-14)21-5-7-22(8-6-21)19(24)16-12-23-9-10-25-13-18(23)20-16/h3-4,11-12H,5-10,13H2,1-2H3. The van der Waals surface area contributed by atoms with E-state index in [1.165, 1.54) is 16.8 Å². The van der Waals surface area contributed by atoms with E-state index in [1.54, 1.807) is 0 Å². The Morgan fingerprint density at radius 2 is 1.92 bits per heavy atom. The molecule has 0 bridgehead atoms. The molecular formula is C19H24N4O2. The number of nitrogens with zero attached hydrogens (tertiary/aromatic N) is 4. The second-order valence-electron chi connectivity index (χ2n) is 6.86. The van der Waals surface area contributed by atoms with Gasteiger partial charge in [-0.05, 0) is 31.0 Å². The fourth-order valence-electron chi connectivity index (χ4n) is 3.56. The van der Waals surface area contributed by atoms with E-state index >= 15 is 0 Å². The number of aryl methyl sites for hydroxylation is 2. The van der Waals surface area contributed by atoms with E-state index in [2.05, 4.69) is 41.9 Å². The molecule has 0 unspecified atom stereocenters. The van der Waals surface area contributed by atoms with Crippen LogP contribution in [0.15, 0.2) is 24.4 Å². The lowest BCUT2D eigenvalue weighted by atomic mass is 10.1. The van der Waals surface area contributed by atoms with Gasteiger partial charge in [-0.1, -0.05) is 12.1 Å². The number of hydrogen-bond acceptors (Lipinski definition) is 4. The molecule has 1 fully saturated rings. The van der Waals surface area contributed by atoms with Crippen molar-refractivity contribution in [3.63, 3.8) is 0 Å². The predicted molar refractivity (Wildman–Crippen MR) is 95.9 cm³/mol. The van der Waals surface area contributed by atoms with Gasteiger partial charge in [0.05, 0.1) is 6.61 Å². The van der Waals surface area contributed by atoms with E-state index in [0.29, 0.717) is 18.9 Å². The molecular weight excluding hydrogens is 316 g/mol. The van der Waals surface area contributed by atoms with E-state index in [1.807, 2.05) is 15.7 Å². The maximum absolute atomic E-state index is 12.8. The highest BCUT2D eigenvalue weighted by Gasteiger charge is 2.26. The monoisotopic (exact) mass is 340 g/mol. The average Bonchev–Trinajstić information content (AvgIpc) is 3.07. The second-order valence-corrected chi connectivity index (χ2v) is 6.86. The van der Waals surface area contributed by atoms with Crippen LogP contribution in [-0.2, 0) is 17.9 Å². The zero-order chi connectivity index (χ0) is 17.4. The number of anilines is 1. The first-order valence-corrected chi connectivity index (χ1v) is 8.87. The van der Waals surface area contributed by atoms with Gasteiger partial charge in [-0.3, -0.25) is 4.79 Å². The average molecular weight is 340 g/mol. The highest BCUT2D eigenvalue weighted by atomic mass is 16.5. The van der Waals surface area contributed by atoms with Gasteiger partial charge in [0.25, 0.3) is 5.91 Å². The lowest BCUT2D eigenvalue weighted by Gasteiger charge is -2.36. The largest absolute Gasteiger partial charge is 0.372 e. The van der Waals surface area contributed by atoms with Gasteiger partial charge >= 0.3 is 0 Å². The van der Waals surface area contributed by atoms with Crippen molar-refractivity contribution in [2.24, 2.45) is 0 Å². The Kier molecular flexibility index (Phi) is 4.21. The summed E-state index contributed by atoms with van der Waals surface area (Å²) in [5.41, 5.74) is 4.37. The van der Waals surface area contributed by atoms with Crippen LogP contribution in [0.1, 0.15) is 27.4 Å². The number of hydrogen-bond donors (Lipinski definition) is 0. The number of carbonyl (C=O) groups excluding carboxylic acids is 1. The van der Waals surface area contributed by atoms with Gasteiger partial charge in [0.2, 0.25) is 0 Å². The number of ether oxygens (including phenoxy) is 1. The van der Waals surface area contributed by atoms with Crippen molar-refractivity contribution in [1.82, 2.24) is 14.5 Å². The van der Waals surface area contributed by atoms with Crippen LogP contribution >= 0.6 is 0 Å². The number of imidazole rings is 1. The molecule has 2 aromatic rings. The molecule has 6 heteroatoms. The van der Waals surface area contributed by atoms with Gasteiger partial charge in [0.15, 0.2) is 0 Å². The van der Waals surface area contributed by atoms with E-state index in [-0.39, 0.29) is 5.91 Å². The van der Waals surface area contributed by atoms with Crippen LogP contribution in [-0.4, -0.2) is 53.1 Å². The van der Waals surface area contributed by atoms with Crippen molar-refractivity contribution < 1.29 is 9.53 Å². The first kappa shape index (κ1) is 16.1. The number of rotatable bonds is 2. The third-order valence-electron chi connectivity index (χ3n) is 5.06. The van der Waals surface area contributed by atoms with Crippen LogP contribution in [0, 0.1) is 13.8 Å². The van der Waals surface area contributed by atoms with Crippen LogP contribution in [0.3, 0.4) is 0 Å². The third kappa shape index (κ3) is 3.14. The number of aromatic nitrogens is 2. The topological polar surface area (TPSA) is 50.6 Å². The second kappa shape index (κ2) is 6.52. The molecule has 2 aliphatic heterocycles. The summed E-state index contributed by atoms with van der Waals surface area (Å²) < 4.78 is 7.43. The molecule has 6 nitrogen and oxygen atoms in total. The maximum atomic E-state index is 12.8. The summed E-state index contributed by atoms with van der Waals surface area (Å²) >= 11 is 0. The van der Waals surface area contributed by atoms with Crippen LogP contribution < -0.4 is 4.90 Å². The number of amides is 1. The van der Waals surface area contributed by atoms with Gasteiger partial charge in [-0.15, -0.1) is 0 Å². The lowest BCUT2D eigenvalue weighted by molar-refractivity contribution is 0.0740. The minimum Gasteiger partial charge on any atom is -0.372 e. The molecule has 0 radical (unpaired) electrons. The fraction of sp³-hybridized carbons (Fsp3) is 0.474. The SMILES string of the molecule is Cc1ccc(C)c(N2CCN(C(=O)c3cn4c(n3)COCC4)CC2)c1. The van der Waals surface area contributed by atoms with Crippen molar-refractivity contribution >= 4 is 11.6 Å². The molecule has 0 N–H and O–H groups in total. The van der Waals surface area contributed by atoms with Crippen LogP contribution in [0.5, 0.6) is 0 Å². The Morgan fingerprint density at radius 3 is 2.68 bits per heavy atom. The molecule has 1 amide bonds. The van der Waals surface area contributed by atoms with Gasteiger partial charge in [-0.2, -0.15) is 0 Å². The first-order chi connectivity index (χ1) is 12.1. The summed E-state index contributed by atoms with van der Waals surface area (Å²) in [6.07, 6.45) is 1.87. The molecule has 4 rings (SSSR count). The Balaban J connectivity index is 1.44. The summed E-state index contributed by atoms with van der Waals surface area (Å²) in [4.78, 5) is 21.5. The van der Waals surface area contributed by atoms with Crippen LogP contribution in [0.4, 0.5) is 5.69 Å². The quantitative estimate of drug-likeness (QED) is 0.839. The van der Waals surface area contributed by atoms with Crippen molar-refractivity contribution in [3.05, 3.63) is 47.0 Å². The molecule has 0 aliphatic carbocycles. The highest BCUT2D eigenvalue weighted by Crippen LogP contribution is 2.23. The Labute approximate surface area is 148 Å². The molecule has 2 aliphatic rings. The number of carbonyl (C=O) groups is 1. The van der Waals surface area contributed by atoms with Crippen molar-refractivity contribution in [2.75, 3.05) is 37.7 Å². The molecule has 25 heavy (non-hydrogen) atoms. The fourth-order valence-corrected chi connectivity index (χ4v) is 3.56. The third-order valence-corrected chi connectivity index (χ3v) is 5.06. The van der Waals surface area contributed by atoms with E-state index in [9.17, 15) is 4.79 Å². The number of piperazine rings is 1. The Morgan fingerprint density at radius 1 is 1.12 bits per heavy atom. The van der Waals surface area contributed by atoms with E-state index in [0.717, 1.165) is 38.5 Å². The summed E-state index contributed by atoms with van der Waals surface area (Å²) in [6.45, 7) is 9.38. The smallest absolute Gasteiger partial charge is 0.274 e. The highest BCUT2D eigenvalue weighted by molar-refractivity contribution is 5.92. The van der Waals surface area contributed by atoms with Gasteiger partial charge in [0.1, 0.15) is 18.1 Å². The minimum atomic E-state index is 0.0301. The molecule has 1 aromatic heterocycles. The first-order valence-electron chi connectivity index (χ1n) is 8.87.